The lowest BCUT2D eigenvalue weighted by atomic mass is 9.98. The zero-order valence-corrected chi connectivity index (χ0v) is 14.5. The van der Waals surface area contributed by atoms with Crippen LogP contribution >= 0.6 is 0 Å². The van der Waals surface area contributed by atoms with Gasteiger partial charge in [0.1, 0.15) is 11.8 Å². The van der Waals surface area contributed by atoms with Gasteiger partial charge in [-0.3, -0.25) is 14.6 Å². The highest BCUT2D eigenvalue weighted by atomic mass is 16.5. The van der Waals surface area contributed by atoms with Crippen molar-refractivity contribution in [2.75, 3.05) is 18.5 Å². The molecular weight excluding hydrogens is 330 g/mol. The van der Waals surface area contributed by atoms with Crippen LogP contribution in [0.4, 0.5) is 5.69 Å². The summed E-state index contributed by atoms with van der Waals surface area (Å²) in [7, 11) is 0. The van der Waals surface area contributed by atoms with E-state index >= 15 is 0 Å². The van der Waals surface area contributed by atoms with E-state index in [2.05, 4.69) is 10.3 Å². The van der Waals surface area contributed by atoms with Crippen molar-refractivity contribution in [3.05, 3.63) is 59.4 Å². The fraction of sp³-hybridized carbons (Fsp3) is 0.350. The number of anilines is 1. The molecule has 0 bridgehead atoms. The van der Waals surface area contributed by atoms with E-state index in [1.807, 2.05) is 23.1 Å². The molecule has 134 valence electrons. The Morgan fingerprint density at radius 1 is 1.19 bits per heavy atom. The van der Waals surface area contributed by atoms with E-state index in [9.17, 15) is 9.59 Å². The Kier molecular flexibility index (Phi) is 4.67. The highest BCUT2D eigenvalue weighted by Crippen LogP contribution is 2.25. The van der Waals surface area contributed by atoms with E-state index in [1.54, 1.807) is 24.4 Å². The Hall–Kier alpha value is -2.73. The lowest BCUT2D eigenvalue weighted by molar-refractivity contribution is -0.141. The average molecular weight is 351 g/mol. The van der Waals surface area contributed by atoms with Crippen molar-refractivity contribution in [3.63, 3.8) is 0 Å². The molecule has 0 aliphatic carbocycles. The number of hydrogen-bond donors (Lipinski definition) is 1. The van der Waals surface area contributed by atoms with Gasteiger partial charge in [0.05, 0.1) is 0 Å². The smallest absolute Gasteiger partial charge is 0.274 e. The van der Waals surface area contributed by atoms with Gasteiger partial charge < -0.3 is 15.0 Å². The summed E-state index contributed by atoms with van der Waals surface area (Å²) in [6, 6.07) is 11.1. The van der Waals surface area contributed by atoms with Crippen LogP contribution in [0.1, 0.15) is 34.5 Å². The standard InChI is InChI=1S/C20H21N3O3/c24-19(17-4-1-2-9-21-17)22-16-7-6-14-8-10-23(13-15(14)12-16)20(25)18-5-3-11-26-18/h1-2,4,6-7,9,12,18H,3,5,8,10-11,13H2,(H,22,24)/t18-/m0/s1. The first-order valence-electron chi connectivity index (χ1n) is 8.95. The molecule has 2 amide bonds. The number of rotatable bonds is 3. The van der Waals surface area contributed by atoms with Crippen molar-refractivity contribution in [1.82, 2.24) is 9.88 Å². The van der Waals surface area contributed by atoms with Gasteiger partial charge in [-0.15, -0.1) is 0 Å². The van der Waals surface area contributed by atoms with Gasteiger partial charge in [0, 0.05) is 31.6 Å². The maximum atomic E-state index is 12.6. The third-order valence-corrected chi connectivity index (χ3v) is 4.89. The molecule has 4 rings (SSSR count). The van der Waals surface area contributed by atoms with Crippen molar-refractivity contribution < 1.29 is 14.3 Å². The zero-order chi connectivity index (χ0) is 17.9. The Bertz CT molecular complexity index is 816. The first-order chi connectivity index (χ1) is 12.7. The van der Waals surface area contributed by atoms with E-state index in [0.717, 1.165) is 24.8 Å². The molecule has 1 aromatic heterocycles. The minimum absolute atomic E-state index is 0.0797. The van der Waals surface area contributed by atoms with Crippen LogP contribution in [0.2, 0.25) is 0 Å². The lowest BCUT2D eigenvalue weighted by Gasteiger charge is -2.31. The zero-order valence-electron chi connectivity index (χ0n) is 14.5. The van der Waals surface area contributed by atoms with Gasteiger partial charge in [-0.2, -0.15) is 0 Å². The maximum absolute atomic E-state index is 12.6. The van der Waals surface area contributed by atoms with Gasteiger partial charge >= 0.3 is 0 Å². The minimum Gasteiger partial charge on any atom is -0.368 e. The molecule has 1 N–H and O–H groups in total. The summed E-state index contributed by atoms with van der Waals surface area (Å²) < 4.78 is 5.53. The van der Waals surface area contributed by atoms with E-state index in [0.29, 0.717) is 31.1 Å². The van der Waals surface area contributed by atoms with Gasteiger partial charge in [-0.05, 0) is 54.7 Å². The Morgan fingerprint density at radius 2 is 2.12 bits per heavy atom. The topological polar surface area (TPSA) is 71.5 Å². The molecule has 1 atom stereocenters. The van der Waals surface area contributed by atoms with Crippen molar-refractivity contribution >= 4 is 17.5 Å². The summed E-state index contributed by atoms with van der Waals surface area (Å²) in [5, 5.41) is 2.88. The predicted molar refractivity (Wildman–Crippen MR) is 96.7 cm³/mol. The van der Waals surface area contributed by atoms with Crippen LogP contribution in [0.15, 0.2) is 42.6 Å². The first-order valence-corrected chi connectivity index (χ1v) is 8.95. The molecule has 1 saturated heterocycles. The number of benzene rings is 1. The summed E-state index contributed by atoms with van der Waals surface area (Å²) in [6.07, 6.45) is 3.88. The van der Waals surface area contributed by atoms with Crippen LogP contribution in [0, 0.1) is 0 Å². The number of nitrogens with one attached hydrogen (secondary N) is 1. The average Bonchev–Trinajstić information content (AvgIpc) is 3.22. The second-order valence-electron chi connectivity index (χ2n) is 6.66. The SMILES string of the molecule is O=C(Nc1ccc2c(c1)CN(C(=O)[C@@H]1CCCO1)CC2)c1ccccn1. The summed E-state index contributed by atoms with van der Waals surface area (Å²) >= 11 is 0. The minimum atomic E-state index is -0.288. The van der Waals surface area contributed by atoms with Crippen molar-refractivity contribution in [3.8, 4) is 0 Å². The number of ether oxygens (including phenoxy) is 1. The van der Waals surface area contributed by atoms with Crippen LogP contribution in [-0.2, 0) is 22.5 Å². The van der Waals surface area contributed by atoms with Crippen LogP contribution in [0.25, 0.3) is 0 Å². The highest BCUT2D eigenvalue weighted by molar-refractivity contribution is 6.02. The fourth-order valence-corrected chi connectivity index (χ4v) is 3.49. The molecule has 26 heavy (non-hydrogen) atoms. The Morgan fingerprint density at radius 3 is 2.88 bits per heavy atom. The van der Waals surface area contributed by atoms with E-state index in [-0.39, 0.29) is 17.9 Å². The lowest BCUT2D eigenvalue weighted by Crippen LogP contribution is -2.41. The summed E-state index contributed by atoms with van der Waals surface area (Å²) in [5.41, 5.74) is 3.38. The van der Waals surface area contributed by atoms with Gasteiger partial charge in [0.2, 0.25) is 0 Å². The van der Waals surface area contributed by atoms with Gasteiger partial charge in [0.25, 0.3) is 11.8 Å². The quantitative estimate of drug-likeness (QED) is 0.922. The van der Waals surface area contributed by atoms with E-state index in [4.69, 9.17) is 4.74 Å². The fourth-order valence-electron chi connectivity index (χ4n) is 3.49. The first kappa shape index (κ1) is 16.7. The predicted octanol–water partition coefficient (Wildman–Crippen LogP) is 2.40. The number of pyridine rings is 1. The second kappa shape index (κ2) is 7.25. The second-order valence-corrected chi connectivity index (χ2v) is 6.66. The number of fused-ring (bicyclic) bond motifs is 1. The molecular formula is C20H21N3O3. The maximum Gasteiger partial charge on any atom is 0.274 e. The summed E-state index contributed by atoms with van der Waals surface area (Å²) in [4.78, 5) is 30.8. The van der Waals surface area contributed by atoms with E-state index < -0.39 is 0 Å². The molecule has 0 radical (unpaired) electrons. The molecule has 1 fully saturated rings. The van der Waals surface area contributed by atoms with Crippen LogP contribution in [0.5, 0.6) is 0 Å². The van der Waals surface area contributed by atoms with Crippen molar-refractivity contribution in [1.29, 1.82) is 0 Å². The monoisotopic (exact) mass is 351 g/mol. The number of hydrogen-bond acceptors (Lipinski definition) is 4. The molecule has 2 aliphatic rings. The molecule has 2 aromatic rings. The van der Waals surface area contributed by atoms with Crippen molar-refractivity contribution in [2.45, 2.75) is 31.9 Å². The number of carbonyl (C=O) groups is 2. The number of carbonyl (C=O) groups excluding carboxylic acids is 2. The number of aromatic nitrogens is 1. The van der Waals surface area contributed by atoms with E-state index in [1.165, 1.54) is 5.56 Å². The Balaban J connectivity index is 1.47. The van der Waals surface area contributed by atoms with Gasteiger partial charge in [0.15, 0.2) is 0 Å². The summed E-state index contributed by atoms with van der Waals surface area (Å²) in [6.45, 7) is 1.94. The van der Waals surface area contributed by atoms with Gasteiger partial charge in [-0.1, -0.05) is 12.1 Å². The molecule has 0 unspecified atom stereocenters. The normalized spacial score (nSPS) is 19.1. The van der Waals surface area contributed by atoms with Crippen molar-refractivity contribution in [2.24, 2.45) is 0 Å². The molecule has 3 heterocycles. The third-order valence-electron chi connectivity index (χ3n) is 4.89. The van der Waals surface area contributed by atoms with Gasteiger partial charge in [-0.25, -0.2) is 0 Å². The largest absolute Gasteiger partial charge is 0.368 e. The molecule has 6 heteroatoms. The molecule has 2 aliphatic heterocycles. The molecule has 0 saturated carbocycles. The highest BCUT2D eigenvalue weighted by Gasteiger charge is 2.30. The summed E-state index contributed by atoms with van der Waals surface area (Å²) in [5.74, 6) is -0.162. The Labute approximate surface area is 152 Å². The third kappa shape index (κ3) is 3.46. The molecule has 0 spiro atoms. The van der Waals surface area contributed by atoms with Crippen LogP contribution in [0.3, 0.4) is 0 Å². The molecule has 1 aromatic carbocycles. The molecule has 6 nitrogen and oxygen atoms in total. The van der Waals surface area contributed by atoms with Crippen LogP contribution < -0.4 is 5.32 Å². The number of amides is 2. The van der Waals surface area contributed by atoms with Crippen LogP contribution in [-0.4, -0.2) is 41.0 Å². The number of nitrogens with zero attached hydrogens (tertiary/aromatic N) is 2.